The number of nitriles is 1. The van der Waals surface area contributed by atoms with Gasteiger partial charge in [-0.15, -0.1) is 0 Å². The zero-order chi connectivity index (χ0) is 13.5. The standard InChI is InChI=1S/C14H19N3O/c1-11(2)16-14(18)10-17(3)9-13-6-4-12(8-15)5-7-13/h4-7,11H,9-10H2,1-3H3,(H,16,18)/p+1. The van der Waals surface area contributed by atoms with E-state index in [1.54, 1.807) is 12.1 Å². The van der Waals surface area contributed by atoms with Gasteiger partial charge in [-0.25, -0.2) is 0 Å². The highest BCUT2D eigenvalue weighted by Crippen LogP contribution is 2.01. The van der Waals surface area contributed by atoms with Crippen molar-refractivity contribution in [2.45, 2.75) is 26.4 Å². The Labute approximate surface area is 108 Å². The number of likely N-dealkylation sites (N-methyl/N-ethyl adjacent to an activating group) is 1. The summed E-state index contributed by atoms with van der Waals surface area (Å²) in [5, 5.41) is 11.6. The van der Waals surface area contributed by atoms with Crippen molar-refractivity contribution < 1.29 is 9.69 Å². The van der Waals surface area contributed by atoms with Gasteiger partial charge in [-0.05, 0) is 26.0 Å². The number of benzene rings is 1. The topological polar surface area (TPSA) is 57.3 Å². The van der Waals surface area contributed by atoms with Gasteiger partial charge in [0.25, 0.3) is 5.91 Å². The van der Waals surface area contributed by atoms with Crippen LogP contribution in [0.3, 0.4) is 0 Å². The first-order valence-corrected chi connectivity index (χ1v) is 6.11. The molecule has 0 aliphatic rings. The van der Waals surface area contributed by atoms with Crippen LogP contribution in [0.2, 0.25) is 0 Å². The quantitative estimate of drug-likeness (QED) is 0.774. The molecule has 0 aliphatic heterocycles. The number of quaternary nitrogens is 1. The van der Waals surface area contributed by atoms with Crippen molar-refractivity contribution in [3.8, 4) is 6.07 Å². The third-order valence-electron chi connectivity index (χ3n) is 2.50. The fourth-order valence-electron chi connectivity index (χ4n) is 1.76. The van der Waals surface area contributed by atoms with Crippen molar-refractivity contribution in [1.82, 2.24) is 5.32 Å². The highest BCUT2D eigenvalue weighted by Gasteiger charge is 2.11. The molecule has 1 atom stereocenters. The molecule has 1 unspecified atom stereocenters. The second-order valence-corrected chi connectivity index (χ2v) is 4.84. The van der Waals surface area contributed by atoms with Crippen molar-refractivity contribution in [2.75, 3.05) is 13.6 Å². The minimum Gasteiger partial charge on any atom is -0.349 e. The minimum atomic E-state index is 0.0659. The highest BCUT2D eigenvalue weighted by molar-refractivity contribution is 5.77. The Balaban J connectivity index is 2.46. The van der Waals surface area contributed by atoms with E-state index in [0.717, 1.165) is 17.0 Å². The molecule has 2 N–H and O–H groups in total. The Hall–Kier alpha value is -1.86. The number of carbonyl (C=O) groups excluding carboxylic acids is 1. The summed E-state index contributed by atoms with van der Waals surface area (Å²) in [6, 6.07) is 9.74. The number of nitrogens with one attached hydrogen (secondary N) is 2. The first kappa shape index (κ1) is 14.2. The minimum absolute atomic E-state index is 0.0659. The largest absolute Gasteiger partial charge is 0.349 e. The van der Waals surface area contributed by atoms with Crippen LogP contribution in [0.5, 0.6) is 0 Å². The van der Waals surface area contributed by atoms with Crippen LogP contribution in [0.4, 0.5) is 0 Å². The van der Waals surface area contributed by atoms with Crippen LogP contribution in [0, 0.1) is 11.3 Å². The van der Waals surface area contributed by atoms with Crippen molar-refractivity contribution in [2.24, 2.45) is 0 Å². The molecule has 0 spiro atoms. The molecule has 0 saturated carbocycles. The molecule has 96 valence electrons. The lowest BCUT2D eigenvalue weighted by atomic mass is 10.1. The van der Waals surface area contributed by atoms with Crippen molar-refractivity contribution in [1.29, 1.82) is 5.26 Å². The molecule has 4 nitrogen and oxygen atoms in total. The zero-order valence-electron chi connectivity index (χ0n) is 11.2. The van der Waals surface area contributed by atoms with Crippen LogP contribution in [-0.2, 0) is 11.3 Å². The van der Waals surface area contributed by atoms with Gasteiger partial charge in [-0.3, -0.25) is 4.79 Å². The first-order valence-electron chi connectivity index (χ1n) is 6.11. The van der Waals surface area contributed by atoms with E-state index in [2.05, 4.69) is 11.4 Å². The predicted molar refractivity (Wildman–Crippen MR) is 69.9 cm³/mol. The zero-order valence-corrected chi connectivity index (χ0v) is 11.2. The number of rotatable bonds is 5. The van der Waals surface area contributed by atoms with Gasteiger partial charge in [-0.2, -0.15) is 5.26 Å². The van der Waals surface area contributed by atoms with Gasteiger partial charge >= 0.3 is 0 Å². The molecule has 4 heteroatoms. The summed E-state index contributed by atoms with van der Waals surface area (Å²) in [4.78, 5) is 12.7. The lowest BCUT2D eigenvalue weighted by molar-refractivity contribution is -0.885. The fourth-order valence-corrected chi connectivity index (χ4v) is 1.76. The van der Waals surface area contributed by atoms with Crippen LogP contribution in [0.15, 0.2) is 24.3 Å². The van der Waals surface area contributed by atoms with Crippen molar-refractivity contribution in [3.05, 3.63) is 35.4 Å². The van der Waals surface area contributed by atoms with E-state index in [1.165, 1.54) is 0 Å². The second kappa shape index (κ2) is 6.77. The van der Waals surface area contributed by atoms with Crippen LogP contribution >= 0.6 is 0 Å². The van der Waals surface area contributed by atoms with Crippen LogP contribution in [0.25, 0.3) is 0 Å². The number of amides is 1. The van der Waals surface area contributed by atoms with Gasteiger partial charge in [0.05, 0.1) is 18.7 Å². The number of nitrogens with zero attached hydrogens (tertiary/aromatic N) is 1. The van der Waals surface area contributed by atoms with E-state index in [-0.39, 0.29) is 11.9 Å². The molecule has 0 fully saturated rings. The molecule has 0 heterocycles. The molecular formula is C14H20N3O+. The molecule has 1 rings (SSSR count). The molecule has 0 saturated heterocycles. The molecule has 1 aromatic carbocycles. The van der Waals surface area contributed by atoms with Gasteiger partial charge < -0.3 is 10.2 Å². The van der Waals surface area contributed by atoms with Gasteiger partial charge in [0.1, 0.15) is 6.54 Å². The van der Waals surface area contributed by atoms with Gasteiger partial charge in [0, 0.05) is 11.6 Å². The average molecular weight is 246 g/mol. The number of hydrogen-bond donors (Lipinski definition) is 2. The molecule has 0 aromatic heterocycles. The smallest absolute Gasteiger partial charge is 0.275 e. The van der Waals surface area contributed by atoms with E-state index < -0.39 is 0 Å². The lowest BCUT2D eigenvalue weighted by Crippen LogP contribution is -3.09. The summed E-state index contributed by atoms with van der Waals surface area (Å²) >= 11 is 0. The Bertz CT molecular complexity index is 431. The molecule has 1 amide bonds. The van der Waals surface area contributed by atoms with Crippen molar-refractivity contribution >= 4 is 5.91 Å². The molecular weight excluding hydrogens is 226 g/mol. The normalized spacial score (nSPS) is 11.9. The molecule has 1 aromatic rings. The summed E-state index contributed by atoms with van der Waals surface area (Å²) in [5.41, 5.74) is 1.79. The van der Waals surface area contributed by atoms with Gasteiger partial charge in [-0.1, -0.05) is 12.1 Å². The third kappa shape index (κ3) is 4.98. The Morgan fingerprint density at radius 2 is 2.00 bits per heavy atom. The maximum atomic E-state index is 11.6. The summed E-state index contributed by atoms with van der Waals surface area (Å²) in [6.07, 6.45) is 0. The second-order valence-electron chi connectivity index (χ2n) is 4.84. The lowest BCUT2D eigenvalue weighted by Gasteiger charge is -2.15. The average Bonchev–Trinajstić information content (AvgIpc) is 2.28. The van der Waals surface area contributed by atoms with Crippen LogP contribution < -0.4 is 10.2 Å². The summed E-state index contributed by atoms with van der Waals surface area (Å²) < 4.78 is 0. The molecule has 0 bridgehead atoms. The highest BCUT2D eigenvalue weighted by atomic mass is 16.2. The Morgan fingerprint density at radius 1 is 1.39 bits per heavy atom. The van der Waals surface area contributed by atoms with Crippen LogP contribution in [-0.4, -0.2) is 25.5 Å². The van der Waals surface area contributed by atoms with Gasteiger partial charge in [0.15, 0.2) is 6.54 Å². The van der Waals surface area contributed by atoms with E-state index in [4.69, 9.17) is 5.26 Å². The predicted octanol–water partition coefficient (Wildman–Crippen LogP) is 0.0976. The van der Waals surface area contributed by atoms with E-state index >= 15 is 0 Å². The number of carbonyl (C=O) groups is 1. The Morgan fingerprint density at radius 3 is 2.50 bits per heavy atom. The maximum absolute atomic E-state index is 11.6. The monoisotopic (exact) mass is 246 g/mol. The molecule has 0 aliphatic carbocycles. The molecule has 0 radical (unpaired) electrons. The maximum Gasteiger partial charge on any atom is 0.275 e. The first-order chi connectivity index (χ1) is 8.51. The summed E-state index contributed by atoms with van der Waals surface area (Å²) in [6.45, 7) is 5.14. The van der Waals surface area contributed by atoms with Crippen LogP contribution in [0.1, 0.15) is 25.0 Å². The van der Waals surface area contributed by atoms with Crippen molar-refractivity contribution in [3.63, 3.8) is 0 Å². The van der Waals surface area contributed by atoms with E-state index in [1.807, 2.05) is 33.0 Å². The van der Waals surface area contributed by atoms with E-state index in [9.17, 15) is 4.79 Å². The fraction of sp³-hybridized carbons (Fsp3) is 0.429. The number of hydrogen-bond acceptors (Lipinski definition) is 2. The Kier molecular flexibility index (Phi) is 5.34. The van der Waals surface area contributed by atoms with Gasteiger partial charge in [0.2, 0.25) is 0 Å². The van der Waals surface area contributed by atoms with E-state index in [0.29, 0.717) is 12.1 Å². The summed E-state index contributed by atoms with van der Waals surface area (Å²) in [5.74, 6) is 0.0659. The molecule has 18 heavy (non-hydrogen) atoms. The SMILES string of the molecule is CC(C)NC(=O)C[NH+](C)Cc1ccc(C#N)cc1. The summed E-state index contributed by atoms with van der Waals surface area (Å²) in [7, 11) is 1.98. The third-order valence-corrected chi connectivity index (χ3v) is 2.50.